The SMILES string of the molecule is Cc1ccc(S(=O)(=O)OC(Oc2cc(Cl)ccc2Cl)C2(O)CO2)cc1. The fourth-order valence-corrected chi connectivity index (χ4v) is 3.28. The lowest BCUT2D eigenvalue weighted by atomic mass is 10.2. The van der Waals surface area contributed by atoms with Gasteiger partial charge in [0.05, 0.1) is 9.92 Å². The van der Waals surface area contributed by atoms with Crippen molar-refractivity contribution in [3.8, 4) is 5.75 Å². The van der Waals surface area contributed by atoms with Crippen molar-refractivity contribution in [1.82, 2.24) is 0 Å². The van der Waals surface area contributed by atoms with E-state index in [9.17, 15) is 13.5 Å². The highest BCUT2D eigenvalue weighted by molar-refractivity contribution is 7.86. The first-order valence-electron chi connectivity index (χ1n) is 7.18. The summed E-state index contributed by atoms with van der Waals surface area (Å²) in [6, 6.07) is 10.4. The van der Waals surface area contributed by atoms with Gasteiger partial charge in [-0.05, 0) is 31.2 Å². The van der Waals surface area contributed by atoms with Gasteiger partial charge in [-0.3, -0.25) is 0 Å². The van der Waals surface area contributed by atoms with Gasteiger partial charge in [0.25, 0.3) is 22.2 Å². The summed E-state index contributed by atoms with van der Waals surface area (Å²) in [5.41, 5.74) is 0.890. The Kier molecular flexibility index (Phi) is 4.98. The fourth-order valence-electron chi connectivity index (χ4n) is 1.96. The number of rotatable bonds is 6. The number of hydrogen-bond acceptors (Lipinski definition) is 6. The minimum atomic E-state index is -4.20. The first-order valence-corrected chi connectivity index (χ1v) is 9.34. The van der Waals surface area contributed by atoms with Crippen molar-refractivity contribution in [2.75, 3.05) is 6.61 Å². The predicted octanol–water partition coefficient (Wildman–Crippen LogP) is 3.13. The summed E-state index contributed by atoms with van der Waals surface area (Å²) < 4.78 is 40.3. The molecule has 0 radical (unpaired) electrons. The molecule has 134 valence electrons. The van der Waals surface area contributed by atoms with Crippen molar-refractivity contribution in [2.45, 2.75) is 23.9 Å². The van der Waals surface area contributed by atoms with E-state index in [4.69, 9.17) is 36.9 Å². The highest BCUT2D eigenvalue weighted by atomic mass is 35.5. The largest absolute Gasteiger partial charge is 0.456 e. The number of benzene rings is 2. The van der Waals surface area contributed by atoms with E-state index >= 15 is 0 Å². The van der Waals surface area contributed by atoms with E-state index in [1.165, 1.54) is 30.3 Å². The lowest BCUT2D eigenvalue weighted by molar-refractivity contribution is -0.145. The second kappa shape index (κ2) is 6.75. The molecule has 3 rings (SSSR count). The van der Waals surface area contributed by atoms with Crippen molar-refractivity contribution < 1.29 is 27.2 Å². The molecule has 25 heavy (non-hydrogen) atoms. The van der Waals surface area contributed by atoms with Gasteiger partial charge in [0.2, 0.25) is 0 Å². The second-order valence-electron chi connectivity index (χ2n) is 5.52. The maximum Gasteiger partial charge on any atom is 0.300 e. The maximum absolute atomic E-state index is 12.4. The monoisotopic (exact) mass is 404 g/mol. The van der Waals surface area contributed by atoms with Crippen molar-refractivity contribution in [3.63, 3.8) is 0 Å². The maximum atomic E-state index is 12.4. The third-order valence-electron chi connectivity index (χ3n) is 3.46. The van der Waals surface area contributed by atoms with Gasteiger partial charge >= 0.3 is 0 Å². The van der Waals surface area contributed by atoms with Crippen LogP contribution in [0.5, 0.6) is 5.75 Å². The number of epoxide rings is 1. The summed E-state index contributed by atoms with van der Waals surface area (Å²) in [7, 11) is -4.20. The summed E-state index contributed by atoms with van der Waals surface area (Å²) in [4.78, 5) is -0.0758. The number of hydrogen-bond donors (Lipinski definition) is 1. The van der Waals surface area contributed by atoms with E-state index < -0.39 is 22.2 Å². The summed E-state index contributed by atoms with van der Waals surface area (Å²) in [6.07, 6.45) is -1.64. The summed E-state index contributed by atoms with van der Waals surface area (Å²) in [5, 5.41) is 10.7. The molecule has 1 saturated heterocycles. The molecule has 6 nitrogen and oxygen atoms in total. The van der Waals surface area contributed by atoms with Crippen molar-refractivity contribution in [1.29, 1.82) is 0 Å². The molecule has 0 spiro atoms. The molecule has 9 heteroatoms. The fraction of sp³-hybridized carbons (Fsp3) is 0.250. The van der Waals surface area contributed by atoms with Crippen LogP contribution in [-0.4, -0.2) is 32.2 Å². The molecule has 0 amide bonds. The summed E-state index contributed by atoms with van der Waals surface area (Å²) >= 11 is 11.9. The average molecular weight is 405 g/mol. The Balaban J connectivity index is 1.87. The summed E-state index contributed by atoms with van der Waals surface area (Å²) in [5.74, 6) is -1.83. The van der Waals surface area contributed by atoms with E-state index in [1.54, 1.807) is 12.1 Å². The molecule has 1 fully saturated rings. The molecule has 2 aromatic rings. The van der Waals surface area contributed by atoms with Gasteiger partial charge < -0.3 is 14.6 Å². The minimum absolute atomic E-state index is 0.0576. The van der Waals surface area contributed by atoms with Crippen LogP contribution in [0.2, 0.25) is 10.0 Å². The van der Waals surface area contributed by atoms with Gasteiger partial charge in [-0.25, -0.2) is 4.18 Å². The molecule has 2 aromatic carbocycles. The Morgan fingerprint density at radius 1 is 1.20 bits per heavy atom. The third kappa shape index (κ3) is 4.25. The Labute approximate surface area is 155 Å². The Bertz CT molecular complexity index is 878. The van der Waals surface area contributed by atoms with Crippen molar-refractivity contribution >= 4 is 33.3 Å². The molecule has 0 bridgehead atoms. The zero-order valence-electron chi connectivity index (χ0n) is 13.0. The molecule has 2 atom stereocenters. The molecule has 1 aliphatic heterocycles. The van der Waals surface area contributed by atoms with E-state index in [2.05, 4.69) is 0 Å². The molecule has 1 N–H and O–H groups in total. The van der Waals surface area contributed by atoms with E-state index in [0.29, 0.717) is 5.02 Å². The Morgan fingerprint density at radius 3 is 2.44 bits per heavy atom. The van der Waals surface area contributed by atoms with Crippen LogP contribution < -0.4 is 4.74 Å². The second-order valence-corrected chi connectivity index (χ2v) is 7.94. The minimum Gasteiger partial charge on any atom is -0.456 e. The van der Waals surface area contributed by atoms with Crippen LogP contribution in [0.3, 0.4) is 0 Å². The standard InChI is InChI=1S/C16H14Cl2O6S/c1-10-2-5-12(6-3-10)25(20,21)24-15(16(19)9-22-16)23-14-8-11(17)4-7-13(14)18/h2-8,15,19H,9H2,1H3. The molecular weight excluding hydrogens is 391 g/mol. The molecular formula is C16H14Cl2O6S. The quantitative estimate of drug-likeness (QED) is 0.452. The Morgan fingerprint density at radius 2 is 1.84 bits per heavy atom. The number of halogens is 2. The molecule has 0 aromatic heterocycles. The normalized spacial score (nSPS) is 21.0. The van der Waals surface area contributed by atoms with Crippen LogP contribution in [0.4, 0.5) is 0 Å². The van der Waals surface area contributed by atoms with E-state index in [-0.39, 0.29) is 22.3 Å². The Hall–Kier alpha value is -1.35. The van der Waals surface area contributed by atoms with Gasteiger partial charge in [-0.15, -0.1) is 0 Å². The van der Waals surface area contributed by atoms with Crippen molar-refractivity contribution in [2.24, 2.45) is 0 Å². The molecule has 2 unspecified atom stereocenters. The van der Waals surface area contributed by atoms with E-state index in [1.807, 2.05) is 6.92 Å². The molecule has 1 heterocycles. The van der Waals surface area contributed by atoms with Gasteiger partial charge in [0.15, 0.2) is 0 Å². The van der Waals surface area contributed by atoms with E-state index in [0.717, 1.165) is 5.56 Å². The lowest BCUT2D eigenvalue weighted by Gasteiger charge is -2.22. The molecule has 0 saturated carbocycles. The highest BCUT2D eigenvalue weighted by Crippen LogP contribution is 2.36. The van der Waals surface area contributed by atoms with Gasteiger partial charge in [0, 0.05) is 11.1 Å². The van der Waals surface area contributed by atoms with Crippen molar-refractivity contribution in [3.05, 3.63) is 58.1 Å². The van der Waals surface area contributed by atoms with Crippen LogP contribution in [-0.2, 0) is 19.0 Å². The first kappa shape index (κ1) is 18.4. The van der Waals surface area contributed by atoms with Crippen LogP contribution in [0.15, 0.2) is 47.4 Å². The van der Waals surface area contributed by atoms with Gasteiger partial charge in [-0.2, -0.15) is 8.42 Å². The lowest BCUT2D eigenvalue weighted by Crippen LogP contribution is -2.39. The van der Waals surface area contributed by atoms with Gasteiger partial charge in [-0.1, -0.05) is 40.9 Å². The zero-order valence-corrected chi connectivity index (χ0v) is 15.3. The number of aryl methyl sites for hydroxylation is 1. The first-order chi connectivity index (χ1) is 11.7. The average Bonchev–Trinajstić information content (AvgIpc) is 3.29. The van der Waals surface area contributed by atoms with Gasteiger partial charge in [0.1, 0.15) is 12.4 Å². The van der Waals surface area contributed by atoms with Crippen LogP contribution in [0.25, 0.3) is 0 Å². The number of aliphatic hydroxyl groups is 1. The zero-order chi connectivity index (χ0) is 18.2. The molecule has 1 aliphatic rings. The topological polar surface area (TPSA) is 85.4 Å². The smallest absolute Gasteiger partial charge is 0.300 e. The highest BCUT2D eigenvalue weighted by Gasteiger charge is 2.55. The van der Waals surface area contributed by atoms with Crippen LogP contribution >= 0.6 is 23.2 Å². The van der Waals surface area contributed by atoms with Crippen LogP contribution in [0.1, 0.15) is 5.56 Å². The molecule has 0 aliphatic carbocycles. The van der Waals surface area contributed by atoms with Crippen LogP contribution in [0, 0.1) is 6.92 Å². The third-order valence-corrected chi connectivity index (χ3v) is 5.28. The number of ether oxygens (including phenoxy) is 2. The summed E-state index contributed by atoms with van der Waals surface area (Å²) in [6.45, 7) is 1.68. The predicted molar refractivity (Wildman–Crippen MR) is 91.2 cm³/mol.